The molecule has 4 nitrogen and oxygen atoms in total. The highest BCUT2D eigenvalue weighted by Gasteiger charge is 2.21. The van der Waals surface area contributed by atoms with Crippen LogP contribution in [0, 0.1) is 17.7 Å². The van der Waals surface area contributed by atoms with Crippen LogP contribution in [0.1, 0.15) is 28.8 Å². The van der Waals surface area contributed by atoms with Crippen molar-refractivity contribution in [2.45, 2.75) is 18.9 Å². The van der Waals surface area contributed by atoms with Crippen molar-refractivity contribution in [3.05, 3.63) is 35.1 Å². The van der Waals surface area contributed by atoms with Crippen LogP contribution in [-0.2, 0) is 10.8 Å². The summed E-state index contributed by atoms with van der Waals surface area (Å²) in [5.74, 6) is 5.04. The normalized spacial score (nSPS) is 21.2. The van der Waals surface area contributed by atoms with Crippen LogP contribution in [0.3, 0.4) is 0 Å². The van der Waals surface area contributed by atoms with E-state index in [1.807, 2.05) is 0 Å². The highest BCUT2D eigenvalue weighted by molar-refractivity contribution is 7.85. The third kappa shape index (κ3) is 4.38. The number of hydrogen-bond acceptors (Lipinski definition) is 3. The smallest absolute Gasteiger partial charge is 0.254 e. The van der Waals surface area contributed by atoms with E-state index in [9.17, 15) is 13.4 Å². The topological polar surface area (TPSA) is 66.4 Å². The maximum absolute atomic E-state index is 13.9. The van der Waals surface area contributed by atoms with Crippen molar-refractivity contribution in [1.29, 1.82) is 0 Å². The Morgan fingerprint density at radius 2 is 2.14 bits per heavy atom. The summed E-state index contributed by atoms with van der Waals surface area (Å²) in [6, 6.07) is 4.04. The van der Waals surface area contributed by atoms with Crippen molar-refractivity contribution in [3.63, 3.8) is 0 Å². The second-order valence-corrected chi connectivity index (χ2v) is 6.45. The van der Waals surface area contributed by atoms with E-state index >= 15 is 0 Å². The van der Waals surface area contributed by atoms with Gasteiger partial charge in [0.1, 0.15) is 12.4 Å². The molecule has 1 aliphatic heterocycles. The van der Waals surface area contributed by atoms with E-state index in [1.54, 1.807) is 0 Å². The standard InChI is InChI=1S/C15H16FNO3S/c16-14-10-11(2-1-7-18)3-4-13(14)15(19)17-12-5-8-21(20)9-6-12/h3-4,10,12,18H,5-9H2,(H,17,19). The lowest BCUT2D eigenvalue weighted by Crippen LogP contribution is -2.39. The predicted molar refractivity (Wildman–Crippen MR) is 78.7 cm³/mol. The summed E-state index contributed by atoms with van der Waals surface area (Å²) < 4.78 is 25.2. The van der Waals surface area contributed by atoms with Gasteiger partial charge in [0, 0.05) is 33.9 Å². The highest BCUT2D eigenvalue weighted by Crippen LogP contribution is 2.13. The zero-order valence-electron chi connectivity index (χ0n) is 11.4. The van der Waals surface area contributed by atoms with E-state index in [2.05, 4.69) is 17.2 Å². The Labute approximate surface area is 125 Å². The number of benzene rings is 1. The molecule has 112 valence electrons. The molecule has 0 spiro atoms. The monoisotopic (exact) mass is 309 g/mol. The fourth-order valence-electron chi connectivity index (χ4n) is 2.12. The van der Waals surface area contributed by atoms with E-state index in [-0.39, 0.29) is 18.2 Å². The third-order valence-electron chi connectivity index (χ3n) is 3.25. The lowest BCUT2D eigenvalue weighted by Gasteiger charge is -2.22. The number of halogens is 1. The molecule has 0 bridgehead atoms. The first-order valence-corrected chi connectivity index (χ1v) is 8.14. The summed E-state index contributed by atoms with van der Waals surface area (Å²) in [5, 5.41) is 11.4. The predicted octanol–water partition coefficient (Wildman–Crippen LogP) is 0.810. The lowest BCUT2D eigenvalue weighted by atomic mass is 10.1. The van der Waals surface area contributed by atoms with E-state index in [0.717, 1.165) is 0 Å². The summed E-state index contributed by atoms with van der Waals surface area (Å²) in [4.78, 5) is 12.0. The molecule has 1 aromatic carbocycles. The highest BCUT2D eigenvalue weighted by atomic mass is 32.2. The number of amides is 1. The van der Waals surface area contributed by atoms with Gasteiger partial charge < -0.3 is 10.4 Å². The van der Waals surface area contributed by atoms with Crippen molar-refractivity contribution >= 4 is 16.7 Å². The quantitative estimate of drug-likeness (QED) is 0.795. The molecule has 1 saturated heterocycles. The molecule has 1 amide bonds. The molecule has 2 N–H and O–H groups in total. The minimum absolute atomic E-state index is 0.0313. The molecule has 6 heteroatoms. The molecule has 0 saturated carbocycles. The number of carbonyl (C=O) groups is 1. The number of nitrogens with one attached hydrogen (secondary N) is 1. The van der Waals surface area contributed by atoms with Crippen LogP contribution in [0.2, 0.25) is 0 Å². The van der Waals surface area contributed by atoms with Gasteiger partial charge in [0.05, 0.1) is 5.56 Å². The molecular formula is C15H16FNO3S. The SMILES string of the molecule is O=C(NC1CCS(=O)CC1)c1ccc(C#CCO)cc1F. The average Bonchev–Trinajstić information content (AvgIpc) is 2.47. The van der Waals surface area contributed by atoms with Crippen molar-refractivity contribution in [2.75, 3.05) is 18.1 Å². The molecule has 2 rings (SSSR count). The summed E-state index contributed by atoms with van der Waals surface area (Å²) in [7, 11) is -0.792. The van der Waals surface area contributed by atoms with Crippen LogP contribution in [0.15, 0.2) is 18.2 Å². The van der Waals surface area contributed by atoms with Crippen molar-refractivity contribution in [3.8, 4) is 11.8 Å². The Morgan fingerprint density at radius 1 is 1.43 bits per heavy atom. The van der Waals surface area contributed by atoms with E-state index in [1.165, 1.54) is 18.2 Å². The summed E-state index contributed by atoms with van der Waals surface area (Å²) in [5.41, 5.74) is 0.377. The van der Waals surface area contributed by atoms with Gasteiger partial charge >= 0.3 is 0 Å². The molecule has 0 atom stereocenters. The van der Waals surface area contributed by atoms with Crippen LogP contribution in [0.4, 0.5) is 4.39 Å². The fraction of sp³-hybridized carbons (Fsp3) is 0.400. The number of carbonyl (C=O) groups excluding carboxylic acids is 1. The van der Waals surface area contributed by atoms with Gasteiger partial charge in [-0.25, -0.2) is 4.39 Å². The van der Waals surface area contributed by atoms with Gasteiger partial charge in [0.15, 0.2) is 0 Å². The van der Waals surface area contributed by atoms with Crippen LogP contribution >= 0.6 is 0 Å². The zero-order valence-corrected chi connectivity index (χ0v) is 12.2. The molecule has 0 aliphatic carbocycles. The minimum atomic E-state index is -0.792. The maximum atomic E-state index is 13.9. The first-order valence-electron chi connectivity index (χ1n) is 6.65. The van der Waals surface area contributed by atoms with Gasteiger partial charge in [-0.15, -0.1) is 0 Å². The molecule has 0 aromatic heterocycles. The van der Waals surface area contributed by atoms with Crippen LogP contribution in [0.5, 0.6) is 0 Å². The first kappa shape index (κ1) is 15.7. The fourth-order valence-corrected chi connectivity index (χ4v) is 3.42. The van der Waals surface area contributed by atoms with Gasteiger partial charge in [-0.05, 0) is 31.0 Å². The van der Waals surface area contributed by atoms with Gasteiger partial charge in [0.2, 0.25) is 0 Å². The Bertz CT molecular complexity index is 611. The maximum Gasteiger partial charge on any atom is 0.254 e. The van der Waals surface area contributed by atoms with Crippen LogP contribution < -0.4 is 5.32 Å². The van der Waals surface area contributed by atoms with E-state index < -0.39 is 22.5 Å². The Hall–Kier alpha value is -1.71. The first-order chi connectivity index (χ1) is 10.1. The Balaban J connectivity index is 2.04. The number of aliphatic hydroxyl groups is 1. The molecule has 0 radical (unpaired) electrons. The number of aliphatic hydroxyl groups excluding tert-OH is 1. The molecule has 0 unspecified atom stereocenters. The lowest BCUT2D eigenvalue weighted by molar-refractivity contribution is 0.0930. The average molecular weight is 309 g/mol. The Morgan fingerprint density at radius 3 is 2.76 bits per heavy atom. The molecule has 1 heterocycles. The number of hydrogen-bond donors (Lipinski definition) is 2. The van der Waals surface area contributed by atoms with E-state index in [0.29, 0.717) is 29.9 Å². The Kier molecular flexibility index (Phi) is 5.48. The minimum Gasteiger partial charge on any atom is -0.384 e. The third-order valence-corrected chi connectivity index (χ3v) is 4.63. The second kappa shape index (κ2) is 7.34. The van der Waals surface area contributed by atoms with E-state index in [4.69, 9.17) is 5.11 Å². The van der Waals surface area contributed by atoms with Crippen molar-refractivity contribution in [1.82, 2.24) is 5.32 Å². The molecular weight excluding hydrogens is 293 g/mol. The summed E-state index contributed by atoms with van der Waals surface area (Å²) in [6.45, 7) is -0.299. The van der Waals surface area contributed by atoms with Gasteiger partial charge in [-0.3, -0.25) is 9.00 Å². The molecule has 1 aliphatic rings. The van der Waals surface area contributed by atoms with Gasteiger partial charge in [0.25, 0.3) is 5.91 Å². The summed E-state index contributed by atoms with van der Waals surface area (Å²) >= 11 is 0. The molecule has 21 heavy (non-hydrogen) atoms. The molecule has 1 aromatic rings. The van der Waals surface area contributed by atoms with Crippen LogP contribution in [-0.4, -0.2) is 39.4 Å². The van der Waals surface area contributed by atoms with Crippen molar-refractivity contribution in [2.24, 2.45) is 0 Å². The second-order valence-electron chi connectivity index (χ2n) is 4.75. The van der Waals surface area contributed by atoms with Crippen LogP contribution in [0.25, 0.3) is 0 Å². The molecule has 1 fully saturated rings. The van der Waals surface area contributed by atoms with Crippen molar-refractivity contribution < 1.29 is 18.5 Å². The van der Waals surface area contributed by atoms with Gasteiger partial charge in [-0.2, -0.15) is 0 Å². The largest absolute Gasteiger partial charge is 0.384 e. The summed E-state index contributed by atoms with van der Waals surface area (Å²) in [6.07, 6.45) is 1.31. The number of rotatable bonds is 2. The zero-order chi connectivity index (χ0) is 15.2. The van der Waals surface area contributed by atoms with Gasteiger partial charge in [-0.1, -0.05) is 11.8 Å².